The number of carbonyl (C=O) groups is 1. The van der Waals surface area contributed by atoms with E-state index in [1.165, 1.54) is 6.08 Å². The number of nitrogens with zero attached hydrogens (tertiary/aromatic N) is 1. The molecule has 0 spiro atoms. The number of carbonyl (C=O) groups excluding carboxylic acids is 1. The molecule has 0 radical (unpaired) electrons. The Morgan fingerprint density at radius 3 is 2.65 bits per heavy atom. The summed E-state index contributed by atoms with van der Waals surface area (Å²) in [7, 11) is 0. The summed E-state index contributed by atoms with van der Waals surface area (Å²) in [5.74, 6) is 0.351. The quantitative estimate of drug-likeness (QED) is 0.175. The average molecular weight is 534 g/mol. The van der Waals surface area contributed by atoms with Crippen LogP contribution in [-0.2, 0) is 17.8 Å². The molecule has 0 saturated carbocycles. The van der Waals surface area contributed by atoms with E-state index in [1.807, 2.05) is 55.6 Å². The van der Waals surface area contributed by atoms with Crippen molar-refractivity contribution in [1.29, 1.82) is 5.26 Å². The van der Waals surface area contributed by atoms with Crippen molar-refractivity contribution in [3.8, 4) is 17.6 Å². The van der Waals surface area contributed by atoms with Gasteiger partial charge in [-0.15, -0.1) is 0 Å². The Bertz CT molecular complexity index is 1470. The van der Waals surface area contributed by atoms with Gasteiger partial charge in [0.2, 0.25) is 0 Å². The molecule has 2 N–H and O–H groups in total. The molecule has 0 aliphatic carbocycles. The number of benzene rings is 3. The van der Waals surface area contributed by atoms with Crippen LogP contribution in [0.25, 0.3) is 17.0 Å². The Kier molecular flexibility index (Phi) is 8.73. The number of aromatic nitrogens is 1. The number of H-pyrrole nitrogens is 1. The number of hydrogen-bond acceptors (Lipinski definition) is 4. The van der Waals surface area contributed by atoms with E-state index in [0.717, 1.165) is 22.0 Å². The molecule has 6 nitrogen and oxygen atoms in total. The lowest BCUT2D eigenvalue weighted by atomic mass is 10.1. The maximum atomic E-state index is 12.7. The van der Waals surface area contributed by atoms with Crippen LogP contribution < -0.4 is 14.8 Å². The van der Waals surface area contributed by atoms with Crippen LogP contribution in [0.4, 0.5) is 0 Å². The zero-order chi connectivity index (χ0) is 26.2. The molecular weight excluding hydrogens is 509 g/mol. The molecule has 188 valence electrons. The van der Waals surface area contributed by atoms with Crippen molar-refractivity contribution < 1.29 is 14.3 Å². The second kappa shape index (κ2) is 12.4. The summed E-state index contributed by atoms with van der Waals surface area (Å²) in [4.78, 5) is 15.9. The van der Waals surface area contributed by atoms with Crippen molar-refractivity contribution in [3.05, 3.63) is 99.2 Å². The van der Waals surface area contributed by atoms with Gasteiger partial charge in [0.05, 0.1) is 11.6 Å². The van der Waals surface area contributed by atoms with Gasteiger partial charge in [0.1, 0.15) is 18.2 Å². The molecular formula is C29H25Cl2N3O3. The van der Waals surface area contributed by atoms with Crippen LogP contribution in [0.2, 0.25) is 10.0 Å². The summed E-state index contributed by atoms with van der Waals surface area (Å²) >= 11 is 12.5. The minimum Gasteiger partial charge on any atom is -0.490 e. The molecule has 1 aromatic heterocycles. The third kappa shape index (κ3) is 6.65. The maximum absolute atomic E-state index is 12.7. The predicted molar refractivity (Wildman–Crippen MR) is 147 cm³/mol. The van der Waals surface area contributed by atoms with E-state index in [-0.39, 0.29) is 12.2 Å². The molecule has 0 aliphatic heterocycles. The van der Waals surface area contributed by atoms with Gasteiger partial charge < -0.3 is 19.8 Å². The van der Waals surface area contributed by atoms with Crippen molar-refractivity contribution in [3.63, 3.8) is 0 Å². The van der Waals surface area contributed by atoms with Crippen LogP contribution in [0, 0.1) is 11.3 Å². The standard InChI is InChI=1S/C29H25Cl2N3O3/c1-2-36-27-15-20(14-25(31)28(27)37-18-19-7-9-23(30)10-8-19)13-22(16-32)29(35)33-12-11-21-17-34-26-6-4-3-5-24(21)26/h3-10,13-15,17,34H,2,11-12,18H2,1H3,(H,33,35)/b22-13-. The highest BCUT2D eigenvalue weighted by molar-refractivity contribution is 6.32. The molecule has 0 atom stereocenters. The molecule has 0 unspecified atom stereocenters. The predicted octanol–water partition coefficient (Wildman–Crippen LogP) is 6.72. The topological polar surface area (TPSA) is 87.1 Å². The molecule has 8 heteroatoms. The highest BCUT2D eigenvalue weighted by Gasteiger charge is 2.15. The number of hydrogen-bond donors (Lipinski definition) is 2. The van der Waals surface area contributed by atoms with Gasteiger partial charge in [0.15, 0.2) is 11.5 Å². The summed E-state index contributed by atoms with van der Waals surface area (Å²) in [6, 6.07) is 20.6. The van der Waals surface area contributed by atoms with Gasteiger partial charge >= 0.3 is 0 Å². The molecule has 0 saturated heterocycles. The van der Waals surface area contributed by atoms with E-state index in [1.54, 1.807) is 24.3 Å². The van der Waals surface area contributed by atoms with Gasteiger partial charge in [-0.25, -0.2) is 0 Å². The molecule has 1 heterocycles. The van der Waals surface area contributed by atoms with Crippen molar-refractivity contribution >= 4 is 46.1 Å². The number of fused-ring (bicyclic) bond motifs is 1. The molecule has 37 heavy (non-hydrogen) atoms. The molecule has 1 amide bonds. The van der Waals surface area contributed by atoms with Crippen LogP contribution in [0.3, 0.4) is 0 Å². The van der Waals surface area contributed by atoms with E-state index >= 15 is 0 Å². The number of ether oxygens (including phenoxy) is 2. The lowest BCUT2D eigenvalue weighted by molar-refractivity contribution is -0.117. The van der Waals surface area contributed by atoms with E-state index in [9.17, 15) is 10.1 Å². The van der Waals surface area contributed by atoms with Crippen molar-refractivity contribution in [2.75, 3.05) is 13.2 Å². The number of halogens is 2. The van der Waals surface area contributed by atoms with E-state index in [2.05, 4.69) is 10.3 Å². The molecule has 0 bridgehead atoms. The van der Waals surface area contributed by atoms with E-state index < -0.39 is 5.91 Å². The number of rotatable bonds is 10. The minimum atomic E-state index is -0.459. The van der Waals surface area contributed by atoms with Crippen molar-refractivity contribution in [1.82, 2.24) is 10.3 Å². The normalized spacial score (nSPS) is 11.2. The number of para-hydroxylation sites is 1. The zero-order valence-corrected chi connectivity index (χ0v) is 21.7. The fraction of sp³-hybridized carbons (Fsp3) is 0.172. The summed E-state index contributed by atoms with van der Waals surface area (Å²) < 4.78 is 11.7. The van der Waals surface area contributed by atoms with Crippen LogP contribution in [0.1, 0.15) is 23.6 Å². The summed E-state index contributed by atoms with van der Waals surface area (Å²) in [5.41, 5.74) is 3.58. The fourth-order valence-corrected chi connectivity index (χ4v) is 4.27. The first-order valence-corrected chi connectivity index (χ1v) is 12.5. The second-order valence-corrected chi connectivity index (χ2v) is 9.06. The maximum Gasteiger partial charge on any atom is 0.261 e. The molecule has 3 aromatic carbocycles. The highest BCUT2D eigenvalue weighted by atomic mass is 35.5. The zero-order valence-electron chi connectivity index (χ0n) is 20.2. The third-order valence-electron chi connectivity index (χ3n) is 5.66. The first-order valence-electron chi connectivity index (χ1n) is 11.8. The van der Waals surface area contributed by atoms with Crippen LogP contribution in [-0.4, -0.2) is 24.0 Å². The Morgan fingerprint density at radius 1 is 1.11 bits per heavy atom. The van der Waals surface area contributed by atoms with Crippen molar-refractivity contribution in [2.45, 2.75) is 20.0 Å². The van der Waals surface area contributed by atoms with Gasteiger partial charge in [-0.2, -0.15) is 5.26 Å². The molecule has 4 rings (SSSR count). The SMILES string of the molecule is CCOc1cc(/C=C(/C#N)C(=O)NCCc2c[nH]c3ccccc23)cc(Cl)c1OCc1ccc(Cl)cc1. The highest BCUT2D eigenvalue weighted by Crippen LogP contribution is 2.38. The van der Waals surface area contributed by atoms with Gasteiger partial charge in [-0.05, 0) is 66.4 Å². The fourth-order valence-electron chi connectivity index (χ4n) is 3.87. The Balaban J connectivity index is 1.45. The van der Waals surface area contributed by atoms with Gasteiger partial charge in [0.25, 0.3) is 5.91 Å². The minimum absolute atomic E-state index is 0.0349. The van der Waals surface area contributed by atoms with E-state index in [0.29, 0.717) is 46.7 Å². The van der Waals surface area contributed by atoms with E-state index in [4.69, 9.17) is 32.7 Å². The van der Waals surface area contributed by atoms with Gasteiger partial charge in [0, 0.05) is 28.7 Å². The van der Waals surface area contributed by atoms with Crippen LogP contribution in [0.15, 0.2) is 72.4 Å². The van der Waals surface area contributed by atoms with Gasteiger partial charge in [-0.3, -0.25) is 4.79 Å². The number of aromatic amines is 1. The van der Waals surface area contributed by atoms with Crippen LogP contribution in [0.5, 0.6) is 11.5 Å². The van der Waals surface area contributed by atoms with Crippen molar-refractivity contribution in [2.24, 2.45) is 0 Å². The number of amides is 1. The van der Waals surface area contributed by atoms with Crippen LogP contribution >= 0.6 is 23.2 Å². The Labute approximate surface area is 225 Å². The number of nitrogens with one attached hydrogen (secondary N) is 2. The monoisotopic (exact) mass is 533 g/mol. The molecule has 4 aromatic rings. The smallest absolute Gasteiger partial charge is 0.261 e. The third-order valence-corrected chi connectivity index (χ3v) is 6.19. The lowest BCUT2D eigenvalue weighted by Crippen LogP contribution is -2.26. The summed E-state index contributed by atoms with van der Waals surface area (Å²) in [6.45, 7) is 2.90. The Hall–Kier alpha value is -3.92. The Morgan fingerprint density at radius 2 is 1.89 bits per heavy atom. The molecule has 0 fully saturated rings. The summed E-state index contributed by atoms with van der Waals surface area (Å²) in [6.07, 6.45) is 4.05. The lowest BCUT2D eigenvalue weighted by Gasteiger charge is -2.15. The second-order valence-electron chi connectivity index (χ2n) is 8.21. The molecule has 0 aliphatic rings. The largest absolute Gasteiger partial charge is 0.490 e. The number of nitriles is 1. The van der Waals surface area contributed by atoms with Gasteiger partial charge in [-0.1, -0.05) is 53.5 Å². The summed E-state index contributed by atoms with van der Waals surface area (Å²) in [5, 5.41) is 14.5. The average Bonchev–Trinajstić information content (AvgIpc) is 3.31. The first kappa shape index (κ1) is 26.2. The first-order chi connectivity index (χ1) is 18.0.